The lowest BCUT2D eigenvalue weighted by Crippen LogP contribution is -2.29. The fourth-order valence-corrected chi connectivity index (χ4v) is 5.15. The fourth-order valence-electron chi connectivity index (χ4n) is 4.99. The van der Waals surface area contributed by atoms with Gasteiger partial charge in [-0.3, -0.25) is 4.57 Å². The second-order valence-corrected chi connectivity index (χ2v) is 10.4. The van der Waals surface area contributed by atoms with E-state index in [4.69, 9.17) is 16.3 Å². The van der Waals surface area contributed by atoms with Gasteiger partial charge in [0.05, 0.1) is 6.33 Å². The third-order valence-electron chi connectivity index (χ3n) is 7.12. The lowest BCUT2D eigenvalue weighted by atomic mass is 9.91. The SMILES string of the molecule is CC(C)c1nnc([C@H]2O[C@@H](n3cnc4c(NCC(c5ccccc5)c5ccccc5)nc(Cl)nc43)[C@H](O)[C@@H]2O)[nH]1. The van der Waals surface area contributed by atoms with Gasteiger partial charge in [0.1, 0.15) is 24.1 Å². The molecule has 1 saturated heterocycles. The Morgan fingerprint density at radius 1 is 0.975 bits per heavy atom. The normalized spacial score (nSPS) is 21.1. The zero-order valence-electron chi connectivity index (χ0n) is 21.9. The maximum atomic E-state index is 10.9. The Bertz CT molecular complexity index is 1550. The van der Waals surface area contributed by atoms with Gasteiger partial charge in [-0.15, -0.1) is 10.2 Å². The summed E-state index contributed by atoms with van der Waals surface area (Å²) < 4.78 is 7.63. The summed E-state index contributed by atoms with van der Waals surface area (Å²) in [4.78, 5) is 16.4. The molecule has 0 radical (unpaired) electrons. The number of aliphatic hydroxyl groups is 2. The largest absolute Gasteiger partial charge is 0.387 e. The molecule has 1 aliphatic heterocycles. The number of halogens is 1. The van der Waals surface area contributed by atoms with Crippen molar-refractivity contribution in [3.05, 3.63) is 95.1 Å². The number of nitrogens with zero attached hydrogens (tertiary/aromatic N) is 6. The van der Waals surface area contributed by atoms with Crippen molar-refractivity contribution in [1.82, 2.24) is 34.7 Å². The van der Waals surface area contributed by atoms with Crippen LogP contribution in [0.15, 0.2) is 67.0 Å². The first-order chi connectivity index (χ1) is 19.4. The van der Waals surface area contributed by atoms with Crippen molar-refractivity contribution >= 4 is 28.6 Å². The first kappa shape index (κ1) is 26.3. The predicted molar refractivity (Wildman–Crippen MR) is 149 cm³/mol. The topological polar surface area (TPSA) is 147 Å². The van der Waals surface area contributed by atoms with Crippen molar-refractivity contribution in [2.24, 2.45) is 0 Å². The summed E-state index contributed by atoms with van der Waals surface area (Å²) in [6, 6.07) is 20.4. The molecule has 0 spiro atoms. The molecule has 5 aromatic rings. The van der Waals surface area contributed by atoms with Crippen LogP contribution in [0.5, 0.6) is 0 Å². The molecule has 0 bridgehead atoms. The third kappa shape index (κ3) is 4.92. The highest BCUT2D eigenvalue weighted by Gasteiger charge is 2.46. The summed E-state index contributed by atoms with van der Waals surface area (Å²) in [6.07, 6.45) is -2.93. The average Bonchev–Trinajstić information content (AvgIpc) is 3.68. The number of fused-ring (bicyclic) bond motifs is 1. The standard InChI is InChI=1S/C28H29ClN8O3/c1-15(2)23-32-25(36-35-23)22-20(38)21(39)27(40-22)37-14-31-19-24(33-28(29)34-26(19)37)30-13-18(16-9-5-3-6-10-16)17-11-7-4-8-12-17/h3-12,14-15,18,20-22,27,38-39H,13H2,1-2H3,(H,30,33,34)(H,32,35,36)/t20-,21+,22-,27+/m0/s1. The van der Waals surface area contributed by atoms with Crippen LogP contribution in [0.25, 0.3) is 11.2 Å². The van der Waals surface area contributed by atoms with Crippen LogP contribution in [0, 0.1) is 0 Å². The molecule has 0 saturated carbocycles. The van der Waals surface area contributed by atoms with Gasteiger partial charge in [0, 0.05) is 18.4 Å². The van der Waals surface area contributed by atoms with Gasteiger partial charge >= 0.3 is 0 Å². The highest BCUT2D eigenvalue weighted by molar-refractivity contribution is 6.28. The van der Waals surface area contributed by atoms with Crippen LogP contribution in [0.2, 0.25) is 5.28 Å². The predicted octanol–water partition coefficient (Wildman–Crippen LogP) is 3.96. The van der Waals surface area contributed by atoms with Crippen LogP contribution in [0.4, 0.5) is 5.82 Å². The molecule has 0 aliphatic carbocycles. The van der Waals surface area contributed by atoms with Gasteiger partial charge < -0.3 is 25.3 Å². The number of hydrogen-bond acceptors (Lipinski definition) is 9. The van der Waals surface area contributed by atoms with E-state index in [9.17, 15) is 10.2 Å². The van der Waals surface area contributed by atoms with Gasteiger partial charge in [0.2, 0.25) is 5.28 Å². The number of ether oxygens (including phenoxy) is 1. The summed E-state index contributed by atoms with van der Waals surface area (Å²) >= 11 is 6.35. The van der Waals surface area contributed by atoms with Gasteiger partial charge in [-0.2, -0.15) is 9.97 Å². The molecule has 40 heavy (non-hydrogen) atoms. The first-order valence-electron chi connectivity index (χ1n) is 13.1. The molecule has 2 aromatic carbocycles. The Labute approximate surface area is 235 Å². The number of benzene rings is 2. The molecule has 6 rings (SSSR count). The van der Waals surface area contributed by atoms with Crippen molar-refractivity contribution in [1.29, 1.82) is 0 Å². The number of aromatic nitrogens is 7. The molecule has 4 heterocycles. The number of imidazole rings is 1. The minimum Gasteiger partial charge on any atom is -0.387 e. The van der Waals surface area contributed by atoms with E-state index < -0.39 is 24.5 Å². The lowest BCUT2D eigenvalue weighted by Gasteiger charge is -2.19. The van der Waals surface area contributed by atoms with Crippen LogP contribution >= 0.6 is 11.6 Å². The van der Waals surface area contributed by atoms with Crippen LogP contribution in [-0.4, -0.2) is 63.7 Å². The summed E-state index contributed by atoms with van der Waals surface area (Å²) in [5.74, 6) is 1.61. The zero-order valence-corrected chi connectivity index (χ0v) is 22.6. The number of aromatic amines is 1. The smallest absolute Gasteiger partial charge is 0.226 e. The quantitative estimate of drug-likeness (QED) is 0.207. The number of nitrogens with one attached hydrogen (secondary N) is 2. The Morgan fingerprint density at radius 3 is 2.27 bits per heavy atom. The minimum absolute atomic E-state index is 0.00844. The van der Waals surface area contributed by atoms with Gasteiger partial charge in [-0.25, -0.2) is 4.98 Å². The van der Waals surface area contributed by atoms with Crippen molar-refractivity contribution in [3.63, 3.8) is 0 Å². The van der Waals surface area contributed by atoms with Crippen molar-refractivity contribution in [3.8, 4) is 0 Å². The zero-order chi connectivity index (χ0) is 27.8. The average molecular weight is 561 g/mol. The molecule has 1 fully saturated rings. The van der Waals surface area contributed by atoms with Crippen LogP contribution in [-0.2, 0) is 4.74 Å². The molecule has 4 N–H and O–H groups in total. The van der Waals surface area contributed by atoms with E-state index in [0.29, 0.717) is 35.2 Å². The Kier molecular flexibility index (Phi) is 7.20. The minimum atomic E-state index is -1.28. The van der Waals surface area contributed by atoms with Gasteiger partial charge in [-0.1, -0.05) is 74.5 Å². The number of hydrogen-bond donors (Lipinski definition) is 4. The molecule has 0 amide bonds. The maximum Gasteiger partial charge on any atom is 0.226 e. The highest BCUT2D eigenvalue weighted by atomic mass is 35.5. The van der Waals surface area contributed by atoms with Crippen molar-refractivity contribution in [2.75, 3.05) is 11.9 Å². The van der Waals surface area contributed by atoms with E-state index in [1.54, 1.807) is 4.57 Å². The van der Waals surface area contributed by atoms with Crippen molar-refractivity contribution < 1.29 is 14.9 Å². The highest BCUT2D eigenvalue weighted by Crippen LogP contribution is 2.39. The monoisotopic (exact) mass is 560 g/mol. The molecule has 1 aliphatic rings. The van der Waals surface area contributed by atoms with E-state index in [1.807, 2.05) is 50.2 Å². The molecule has 0 unspecified atom stereocenters. The summed E-state index contributed by atoms with van der Waals surface area (Å²) in [7, 11) is 0. The van der Waals surface area contributed by atoms with E-state index in [2.05, 4.69) is 59.7 Å². The molecule has 12 heteroatoms. The van der Waals surface area contributed by atoms with Gasteiger partial charge in [-0.05, 0) is 22.7 Å². The van der Waals surface area contributed by atoms with Crippen molar-refractivity contribution in [2.45, 2.75) is 50.2 Å². The van der Waals surface area contributed by atoms with Crippen LogP contribution in [0.3, 0.4) is 0 Å². The molecule has 4 atom stereocenters. The molecule has 3 aromatic heterocycles. The number of H-pyrrole nitrogens is 1. The number of anilines is 1. The Hall–Kier alpha value is -3.90. The van der Waals surface area contributed by atoms with Gasteiger partial charge in [0.25, 0.3) is 0 Å². The fraction of sp³-hybridized carbons (Fsp3) is 0.321. The number of rotatable bonds is 8. The van der Waals surface area contributed by atoms with E-state index in [1.165, 1.54) is 6.33 Å². The molecular weight excluding hydrogens is 532 g/mol. The molecular formula is C28H29ClN8O3. The van der Waals surface area contributed by atoms with Crippen LogP contribution < -0.4 is 5.32 Å². The second kappa shape index (κ2) is 10.9. The summed E-state index contributed by atoms with van der Waals surface area (Å²) in [5.41, 5.74) is 3.12. The van der Waals surface area contributed by atoms with E-state index in [0.717, 1.165) is 11.1 Å². The third-order valence-corrected chi connectivity index (χ3v) is 7.29. The molecule has 11 nitrogen and oxygen atoms in total. The van der Waals surface area contributed by atoms with E-state index >= 15 is 0 Å². The van der Waals surface area contributed by atoms with Gasteiger partial charge in [0.15, 0.2) is 29.0 Å². The summed E-state index contributed by atoms with van der Waals surface area (Å²) in [6.45, 7) is 4.47. The Balaban J connectivity index is 1.29. The lowest BCUT2D eigenvalue weighted by molar-refractivity contribution is -0.0382. The maximum absolute atomic E-state index is 10.9. The first-order valence-corrected chi connectivity index (χ1v) is 13.5. The Morgan fingerprint density at radius 2 is 1.65 bits per heavy atom. The second-order valence-electron chi connectivity index (χ2n) is 10.1. The number of aliphatic hydroxyl groups excluding tert-OH is 2. The molecule has 206 valence electrons. The summed E-state index contributed by atoms with van der Waals surface area (Å²) in [5, 5.41) is 33.4. The van der Waals surface area contributed by atoms with Crippen LogP contribution in [0.1, 0.15) is 60.8 Å². The van der Waals surface area contributed by atoms with E-state index in [-0.39, 0.29) is 17.1 Å².